The molecule has 0 bridgehead atoms. The second kappa shape index (κ2) is 5.82. The predicted octanol–water partition coefficient (Wildman–Crippen LogP) is 5.13. The van der Waals surface area contributed by atoms with E-state index >= 15 is 0 Å². The van der Waals surface area contributed by atoms with Crippen molar-refractivity contribution >= 4 is 5.71 Å². The third-order valence-corrected chi connectivity index (χ3v) is 8.85. The van der Waals surface area contributed by atoms with Crippen LogP contribution in [0.1, 0.15) is 51.9 Å². The standard InChI is InChI=1S/C23H31NO2/c1-3-15-13-16-14-17(24-25)5-6-18(16)19-7-10-22(2)20(21(15)19)8-11-23(22)9-4-12-26-23/h3-4,9,14-15,18-21,25H,1,5-8,10-13H2,2H3/b24-17+/t15-,18-,19?,20?,21?,22-,23-/m0/s1. The molecular weight excluding hydrogens is 322 g/mol. The number of hydrogen-bond donors (Lipinski definition) is 1. The maximum atomic E-state index is 9.21. The van der Waals surface area contributed by atoms with Gasteiger partial charge in [-0.25, -0.2) is 0 Å². The van der Waals surface area contributed by atoms with Gasteiger partial charge in [0.1, 0.15) is 0 Å². The lowest BCUT2D eigenvalue weighted by Crippen LogP contribution is -2.54. The normalized spacial score (nSPS) is 51.0. The lowest BCUT2D eigenvalue weighted by atomic mass is 9.48. The molecule has 7 atom stereocenters. The fraction of sp³-hybridized carbons (Fsp3) is 0.696. The number of hydrogen-bond acceptors (Lipinski definition) is 3. The van der Waals surface area contributed by atoms with E-state index < -0.39 is 0 Å². The van der Waals surface area contributed by atoms with Crippen LogP contribution in [0.3, 0.4) is 0 Å². The van der Waals surface area contributed by atoms with Crippen molar-refractivity contribution in [1.82, 2.24) is 0 Å². The Balaban J connectivity index is 1.52. The molecule has 3 heteroatoms. The van der Waals surface area contributed by atoms with Crippen LogP contribution in [0.4, 0.5) is 0 Å². The molecule has 3 unspecified atom stereocenters. The van der Waals surface area contributed by atoms with E-state index in [4.69, 9.17) is 4.74 Å². The summed E-state index contributed by atoms with van der Waals surface area (Å²) < 4.78 is 6.37. The van der Waals surface area contributed by atoms with E-state index in [1.807, 2.05) is 0 Å². The number of ether oxygens (including phenoxy) is 1. The van der Waals surface area contributed by atoms with E-state index in [0.29, 0.717) is 11.8 Å². The highest BCUT2D eigenvalue weighted by molar-refractivity contribution is 5.96. The molecule has 3 fully saturated rings. The van der Waals surface area contributed by atoms with Gasteiger partial charge in [-0.1, -0.05) is 35.9 Å². The largest absolute Gasteiger partial charge is 0.411 e. The van der Waals surface area contributed by atoms with Crippen molar-refractivity contribution in [3.05, 3.63) is 36.5 Å². The number of fused-ring (bicyclic) bond motifs is 6. The van der Waals surface area contributed by atoms with E-state index in [0.717, 1.165) is 49.3 Å². The summed E-state index contributed by atoms with van der Waals surface area (Å²) in [7, 11) is 0. The summed E-state index contributed by atoms with van der Waals surface area (Å²) in [6.45, 7) is 7.53. The van der Waals surface area contributed by atoms with Crippen LogP contribution >= 0.6 is 0 Å². The van der Waals surface area contributed by atoms with Gasteiger partial charge < -0.3 is 9.94 Å². The maximum Gasteiger partial charge on any atom is 0.0923 e. The highest BCUT2D eigenvalue weighted by atomic mass is 16.5. The van der Waals surface area contributed by atoms with Crippen LogP contribution < -0.4 is 0 Å². The monoisotopic (exact) mass is 353 g/mol. The first kappa shape index (κ1) is 16.8. The first-order valence-corrected chi connectivity index (χ1v) is 10.5. The van der Waals surface area contributed by atoms with Crippen molar-refractivity contribution in [2.24, 2.45) is 40.2 Å². The van der Waals surface area contributed by atoms with Crippen LogP contribution in [-0.4, -0.2) is 23.1 Å². The van der Waals surface area contributed by atoms with Crippen LogP contribution in [0, 0.1) is 35.0 Å². The van der Waals surface area contributed by atoms with Gasteiger partial charge in [-0.15, -0.1) is 6.58 Å². The Morgan fingerprint density at radius 1 is 1.31 bits per heavy atom. The third-order valence-electron chi connectivity index (χ3n) is 8.85. The van der Waals surface area contributed by atoms with Gasteiger partial charge in [0.25, 0.3) is 0 Å². The summed E-state index contributed by atoms with van der Waals surface area (Å²) in [6.07, 6.45) is 17.3. The van der Waals surface area contributed by atoms with Crippen LogP contribution in [0.15, 0.2) is 41.6 Å². The lowest BCUT2D eigenvalue weighted by Gasteiger charge is -2.57. The molecule has 3 nitrogen and oxygen atoms in total. The highest BCUT2D eigenvalue weighted by Gasteiger charge is 2.64. The number of rotatable bonds is 1. The van der Waals surface area contributed by atoms with Crippen molar-refractivity contribution in [3.63, 3.8) is 0 Å². The summed E-state index contributed by atoms with van der Waals surface area (Å²) in [5.41, 5.74) is 2.65. The topological polar surface area (TPSA) is 41.8 Å². The van der Waals surface area contributed by atoms with Gasteiger partial charge in [-0.3, -0.25) is 0 Å². The Morgan fingerprint density at radius 2 is 2.19 bits per heavy atom. The van der Waals surface area contributed by atoms with E-state index in [9.17, 15) is 5.21 Å². The molecule has 140 valence electrons. The second-order valence-corrected chi connectivity index (χ2v) is 9.50. The fourth-order valence-electron chi connectivity index (χ4n) is 7.65. The average Bonchev–Trinajstić information content (AvgIpc) is 3.26. The van der Waals surface area contributed by atoms with E-state index in [1.165, 1.54) is 31.3 Å². The zero-order valence-corrected chi connectivity index (χ0v) is 15.9. The first-order valence-electron chi connectivity index (χ1n) is 10.5. The van der Waals surface area contributed by atoms with E-state index in [-0.39, 0.29) is 11.0 Å². The molecule has 0 aromatic carbocycles. The zero-order chi connectivity index (χ0) is 17.9. The van der Waals surface area contributed by atoms with Crippen LogP contribution in [0.2, 0.25) is 0 Å². The molecule has 5 rings (SSSR count). The Morgan fingerprint density at radius 3 is 2.92 bits per heavy atom. The molecule has 1 heterocycles. The smallest absolute Gasteiger partial charge is 0.0923 e. The molecule has 26 heavy (non-hydrogen) atoms. The summed E-state index contributed by atoms with van der Waals surface area (Å²) in [6, 6.07) is 0. The van der Waals surface area contributed by atoms with Gasteiger partial charge in [0.15, 0.2) is 0 Å². The Kier molecular flexibility index (Phi) is 3.76. The van der Waals surface area contributed by atoms with E-state index in [2.05, 4.69) is 43.0 Å². The number of nitrogens with zero attached hydrogens (tertiary/aromatic N) is 1. The van der Waals surface area contributed by atoms with Crippen LogP contribution in [-0.2, 0) is 4.74 Å². The summed E-state index contributed by atoms with van der Waals surface area (Å²) in [4.78, 5) is 0. The molecule has 1 aliphatic heterocycles. The molecule has 5 aliphatic rings. The van der Waals surface area contributed by atoms with Gasteiger partial charge in [-0.2, -0.15) is 0 Å². The van der Waals surface area contributed by atoms with E-state index in [1.54, 1.807) is 0 Å². The molecule has 4 aliphatic carbocycles. The Bertz CT molecular complexity index is 707. The molecular formula is C23H31NO2. The molecule has 0 saturated heterocycles. The molecule has 0 aromatic rings. The summed E-state index contributed by atoms with van der Waals surface area (Å²) >= 11 is 0. The minimum Gasteiger partial charge on any atom is -0.411 e. The molecule has 0 amide bonds. The molecule has 3 saturated carbocycles. The van der Waals surface area contributed by atoms with Crippen molar-refractivity contribution < 1.29 is 9.94 Å². The van der Waals surface area contributed by atoms with Gasteiger partial charge in [0.2, 0.25) is 0 Å². The predicted molar refractivity (Wildman–Crippen MR) is 103 cm³/mol. The minimum atomic E-state index is -0.00620. The highest BCUT2D eigenvalue weighted by Crippen LogP contribution is 2.67. The van der Waals surface area contributed by atoms with Gasteiger partial charge >= 0.3 is 0 Å². The van der Waals surface area contributed by atoms with Gasteiger partial charge in [0, 0.05) is 5.41 Å². The quantitative estimate of drug-likeness (QED) is 0.403. The summed E-state index contributed by atoms with van der Waals surface area (Å²) in [5, 5.41) is 12.7. The molecule has 0 aromatic heterocycles. The van der Waals surface area contributed by atoms with Crippen molar-refractivity contribution in [1.29, 1.82) is 0 Å². The fourth-order valence-corrected chi connectivity index (χ4v) is 7.65. The second-order valence-electron chi connectivity index (χ2n) is 9.50. The zero-order valence-electron chi connectivity index (χ0n) is 15.9. The minimum absolute atomic E-state index is 0.00620. The molecule has 0 radical (unpaired) electrons. The van der Waals surface area contributed by atoms with Gasteiger partial charge in [0.05, 0.1) is 17.9 Å². The molecule has 1 spiro atoms. The number of allylic oxidation sites excluding steroid dienone is 3. The third kappa shape index (κ3) is 2.07. The van der Waals surface area contributed by atoms with Crippen LogP contribution in [0.5, 0.6) is 0 Å². The number of oxime groups is 1. The molecule has 1 N–H and O–H groups in total. The Hall–Kier alpha value is -1.35. The average molecular weight is 354 g/mol. The maximum absolute atomic E-state index is 9.21. The van der Waals surface area contributed by atoms with Crippen molar-refractivity contribution in [3.8, 4) is 0 Å². The Labute approximate surface area is 156 Å². The van der Waals surface area contributed by atoms with Crippen LogP contribution in [0.25, 0.3) is 0 Å². The lowest BCUT2D eigenvalue weighted by molar-refractivity contribution is -0.116. The van der Waals surface area contributed by atoms with Crippen molar-refractivity contribution in [2.75, 3.05) is 6.61 Å². The SMILES string of the molecule is C=C[C@H]1CC2=C/C(=N/O)CC[C@@H]2C2CC[C@@]3(C)C(CC[C@@]34C=CCO4)C21. The first-order chi connectivity index (χ1) is 12.6. The van der Waals surface area contributed by atoms with Crippen molar-refractivity contribution in [2.45, 2.75) is 57.5 Å². The van der Waals surface area contributed by atoms with Gasteiger partial charge in [-0.05, 0) is 80.6 Å². The summed E-state index contributed by atoms with van der Waals surface area (Å²) in [5.74, 6) is 3.46.